The molecule has 0 aliphatic carbocycles. The van der Waals surface area contributed by atoms with E-state index < -0.39 is 0 Å². The van der Waals surface area contributed by atoms with Crippen molar-refractivity contribution in [3.8, 4) is 0 Å². The molecule has 112 valence electrons. The number of hydrogen-bond acceptors (Lipinski definition) is 2. The summed E-state index contributed by atoms with van der Waals surface area (Å²) >= 11 is 9.59. The summed E-state index contributed by atoms with van der Waals surface area (Å²) in [5, 5.41) is 0.771. The van der Waals surface area contributed by atoms with E-state index in [4.69, 9.17) is 17.3 Å². The van der Waals surface area contributed by atoms with Crippen LogP contribution in [0.15, 0.2) is 46.9 Å². The van der Waals surface area contributed by atoms with E-state index in [-0.39, 0.29) is 6.04 Å². The summed E-state index contributed by atoms with van der Waals surface area (Å²) < 4.78 is 1.08. The van der Waals surface area contributed by atoms with Crippen LogP contribution in [0.2, 0.25) is 5.02 Å². The van der Waals surface area contributed by atoms with Gasteiger partial charge in [0.05, 0.1) is 0 Å². The lowest BCUT2D eigenvalue weighted by Crippen LogP contribution is -2.22. The topological polar surface area (TPSA) is 29.3 Å². The van der Waals surface area contributed by atoms with Crippen LogP contribution in [0.3, 0.4) is 0 Å². The van der Waals surface area contributed by atoms with Gasteiger partial charge in [-0.25, -0.2) is 0 Å². The summed E-state index contributed by atoms with van der Waals surface area (Å²) in [6, 6.07) is 14.4. The second kappa shape index (κ2) is 7.30. The second-order valence-electron chi connectivity index (χ2n) is 5.44. The van der Waals surface area contributed by atoms with Crippen LogP contribution in [0, 0.1) is 0 Å². The quantitative estimate of drug-likeness (QED) is 0.835. The molecule has 0 fully saturated rings. The van der Waals surface area contributed by atoms with Crippen LogP contribution in [0.4, 0.5) is 5.69 Å². The van der Waals surface area contributed by atoms with Gasteiger partial charge >= 0.3 is 0 Å². The molecule has 2 nitrogen and oxygen atoms in total. The van der Waals surface area contributed by atoms with E-state index in [1.807, 2.05) is 25.1 Å². The fraction of sp³-hybridized carbons (Fsp3) is 0.294. The van der Waals surface area contributed by atoms with Crippen molar-refractivity contribution in [3.05, 3.63) is 63.1 Å². The molecule has 1 unspecified atom stereocenters. The lowest BCUT2D eigenvalue weighted by atomic mass is 10.0. The Labute approximate surface area is 140 Å². The van der Waals surface area contributed by atoms with Gasteiger partial charge in [-0.1, -0.05) is 39.7 Å². The fourth-order valence-electron chi connectivity index (χ4n) is 2.43. The van der Waals surface area contributed by atoms with Crippen molar-refractivity contribution in [3.63, 3.8) is 0 Å². The number of anilines is 1. The number of halogens is 2. The van der Waals surface area contributed by atoms with Crippen LogP contribution in [0.1, 0.15) is 18.1 Å². The van der Waals surface area contributed by atoms with Gasteiger partial charge in [-0.2, -0.15) is 0 Å². The van der Waals surface area contributed by atoms with E-state index in [0.29, 0.717) is 0 Å². The molecule has 2 aromatic rings. The molecule has 0 amide bonds. The van der Waals surface area contributed by atoms with Gasteiger partial charge in [-0.3, -0.25) is 0 Å². The minimum atomic E-state index is 0.137. The first kappa shape index (κ1) is 16.3. The van der Waals surface area contributed by atoms with Gasteiger partial charge in [-0.05, 0) is 54.8 Å². The van der Waals surface area contributed by atoms with Crippen molar-refractivity contribution in [2.45, 2.75) is 25.9 Å². The largest absolute Gasteiger partial charge is 0.370 e. The maximum absolute atomic E-state index is 6.05. The van der Waals surface area contributed by atoms with Gasteiger partial charge in [0.25, 0.3) is 0 Å². The molecule has 0 bridgehead atoms. The molecule has 2 N–H and O–H groups in total. The molecule has 0 aromatic heterocycles. The number of benzene rings is 2. The predicted octanol–water partition coefficient (Wildman–Crippen LogP) is 4.63. The molecule has 2 rings (SSSR count). The van der Waals surface area contributed by atoms with Gasteiger partial charge in [0.2, 0.25) is 0 Å². The first-order valence-electron chi connectivity index (χ1n) is 6.95. The van der Waals surface area contributed by atoms with Crippen LogP contribution in [-0.2, 0) is 13.0 Å². The molecule has 0 saturated heterocycles. The molecule has 0 radical (unpaired) electrons. The fourth-order valence-corrected chi connectivity index (χ4v) is 3.05. The maximum Gasteiger partial charge on any atom is 0.0426 e. The summed E-state index contributed by atoms with van der Waals surface area (Å²) in [4.78, 5) is 2.23. The van der Waals surface area contributed by atoms with Gasteiger partial charge in [0, 0.05) is 34.8 Å². The molecule has 0 saturated carbocycles. The molecule has 1 atom stereocenters. The standard InChI is InChI=1S/C17H20BrClN2/c1-12(20)8-14-10-15(18)6-7-17(14)21(2)11-13-4-3-5-16(19)9-13/h3-7,9-10,12H,8,11,20H2,1-2H3. The predicted molar refractivity (Wildman–Crippen MR) is 95.1 cm³/mol. The Morgan fingerprint density at radius 2 is 2.00 bits per heavy atom. The Hall–Kier alpha value is -1.03. The lowest BCUT2D eigenvalue weighted by molar-refractivity contribution is 0.734. The Balaban J connectivity index is 2.23. The average molecular weight is 368 g/mol. The highest BCUT2D eigenvalue weighted by molar-refractivity contribution is 9.10. The highest BCUT2D eigenvalue weighted by Crippen LogP contribution is 2.26. The van der Waals surface area contributed by atoms with E-state index in [2.05, 4.69) is 52.1 Å². The molecule has 0 heterocycles. The van der Waals surface area contributed by atoms with Crippen molar-refractivity contribution < 1.29 is 0 Å². The normalized spacial score (nSPS) is 12.2. The molecule has 0 spiro atoms. The van der Waals surface area contributed by atoms with Crippen LogP contribution >= 0.6 is 27.5 Å². The van der Waals surface area contributed by atoms with E-state index in [1.54, 1.807) is 0 Å². The zero-order chi connectivity index (χ0) is 15.4. The highest BCUT2D eigenvalue weighted by Gasteiger charge is 2.10. The van der Waals surface area contributed by atoms with Crippen molar-refractivity contribution in [2.24, 2.45) is 5.73 Å². The molecule has 0 aliphatic rings. The Kier molecular flexibility index (Phi) is 5.68. The SMILES string of the molecule is CC(N)Cc1cc(Br)ccc1N(C)Cc1cccc(Cl)c1. The molecule has 0 aliphatic heterocycles. The Morgan fingerprint density at radius 1 is 1.24 bits per heavy atom. The van der Waals surface area contributed by atoms with Gasteiger partial charge in [0.1, 0.15) is 0 Å². The minimum absolute atomic E-state index is 0.137. The summed E-state index contributed by atoms with van der Waals surface area (Å²) in [6.45, 7) is 2.84. The highest BCUT2D eigenvalue weighted by atomic mass is 79.9. The Bertz CT molecular complexity index is 613. The number of hydrogen-bond donors (Lipinski definition) is 1. The second-order valence-corrected chi connectivity index (χ2v) is 6.79. The average Bonchev–Trinajstić information content (AvgIpc) is 2.37. The van der Waals surface area contributed by atoms with E-state index in [9.17, 15) is 0 Å². The lowest BCUT2D eigenvalue weighted by Gasteiger charge is -2.24. The van der Waals surface area contributed by atoms with Gasteiger partial charge in [0.15, 0.2) is 0 Å². The number of rotatable bonds is 5. The van der Waals surface area contributed by atoms with E-state index >= 15 is 0 Å². The van der Waals surface area contributed by atoms with Crippen molar-refractivity contribution >= 4 is 33.2 Å². The van der Waals surface area contributed by atoms with Crippen molar-refractivity contribution in [2.75, 3.05) is 11.9 Å². The third kappa shape index (κ3) is 4.73. The number of nitrogens with zero attached hydrogens (tertiary/aromatic N) is 1. The molecule has 21 heavy (non-hydrogen) atoms. The smallest absolute Gasteiger partial charge is 0.0426 e. The van der Waals surface area contributed by atoms with E-state index in [1.165, 1.54) is 16.8 Å². The molecular formula is C17H20BrClN2. The molecular weight excluding hydrogens is 348 g/mol. The summed E-state index contributed by atoms with van der Waals surface area (Å²) in [5.41, 5.74) is 9.62. The zero-order valence-electron chi connectivity index (χ0n) is 12.3. The Morgan fingerprint density at radius 3 is 2.67 bits per heavy atom. The van der Waals surface area contributed by atoms with Crippen molar-refractivity contribution in [1.82, 2.24) is 0 Å². The minimum Gasteiger partial charge on any atom is -0.370 e. The van der Waals surface area contributed by atoms with Crippen LogP contribution in [0.25, 0.3) is 0 Å². The van der Waals surface area contributed by atoms with Crippen LogP contribution in [0.5, 0.6) is 0 Å². The van der Waals surface area contributed by atoms with Crippen molar-refractivity contribution in [1.29, 1.82) is 0 Å². The summed E-state index contributed by atoms with van der Waals surface area (Å²) in [6.07, 6.45) is 0.856. The first-order valence-corrected chi connectivity index (χ1v) is 8.12. The summed E-state index contributed by atoms with van der Waals surface area (Å²) in [7, 11) is 2.09. The third-order valence-electron chi connectivity index (χ3n) is 3.30. The number of nitrogens with two attached hydrogens (primary N) is 1. The first-order chi connectivity index (χ1) is 9.95. The van der Waals surface area contributed by atoms with Gasteiger partial charge in [-0.15, -0.1) is 0 Å². The van der Waals surface area contributed by atoms with Crippen LogP contribution < -0.4 is 10.6 Å². The molecule has 2 aromatic carbocycles. The third-order valence-corrected chi connectivity index (χ3v) is 4.03. The molecule has 4 heteroatoms. The monoisotopic (exact) mass is 366 g/mol. The zero-order valence-corrected chi connectivity index (χ0v) is 14.7. The maximum atomic E-state index is 6.05. The van der Waals surface area contributed by atoms with Gasteiger partial charge < -0.3 is 10.6 Å². The summed E-state index contributed by atoms with van der Waals surface area (Å²) in [5.74, 6) is 0. The van der Waals surface area contributed by atoms with E-state index in [0.717, 1.165) is 22.5 Å². The van der Waals surface area contributed by atoms with Crippen LogP contribution in [-0.4, -0.2) is 13.1 Å².